The van der Waals surface area contributed by atoms with E-state index in [-0.39, 0.29) is 11.8 Å². The van der Waals surface area contributed by atoms with Crippen LogP contribution in [0.1, 0.15) is 18.5 Å². The summed E-state index contributed by atoms with van der Waals surface area (Å²) in [5.41, 5.74) is 2.66. The molecule has 19 heavy (non-hydrogen) atoms. The van der Waals surface area contributed by atoms with Gasteiger partial charge in [0, 0.05) is 16.8 Å². The van der Waals surface area contributed by atoms with Crippen molar-refractivity contribution in [2.24, 2.45) is 0 Å². The molecule has 1 aromatic heterocycles. The summed E-state index contributed by atoms with van der Waals surface area (Å²) < 4.78 is 0. The summed E-state index contributed by atoms with van der Waals surface area (Å²) in [7, 11) is 1.76. The van der Waals surface area contributed by atoms with Crippen molar-refractivity contribution in [3.8, 4) is 11.3 Å². The molecule has 0 aliphatic carbocycles. The summed E-state index contributed by atoms with van der Waals surface area (Å²) in [6.07, 6.45) is 1.72. The predicted molar refractivity (Wildman–Crippen MR) is 77.2 cm³/mol. The highest BCUT2D eigenvalue weighted by Gasteiger charge is 2.14. The van der Waals surface area contributed by atoms with Gasteiger partial charge in [0.1, 0.15) is 0 Å². The minimum absolute atomic E-state index is 0.0693. The lowest BCUT2D eigenvalue weighted by Gasteiger charge is -2.13. The quantitative estimate of drug-likeness (QED) is 0.931. The number of Topliss-reactive ketones (excluding diaryl/α,β-unsaturated/α-hetero) is 1. The van der Waals surface area contributed by atoms with Crippen LogP contribution in [-0.4, -0.2) is 17.8 Å². The number of hydrogen-bond acceptors (Lipinski definition) is 3. The summed E-state index contributed by atoms with van der Waals surface area (Å²) in [6.45, 7) is 1.56. The topological polar surface area (TPSA) is 42.0 Å². The van der Waals surface area contributed by atoms with Gasteiger partial charge in [0.15, 0.2) is 5.78 Å². The van der Waals surface area contributed by atoms with Crippen LogP contribution in [0, 0.1) is 0 Å². The molecule has 0 radical (unpaired) electrons. The highest BCUT2D eigenvalue weighted by molar-refractivity contribution is 6.30. The maximum Gasteiger partial charge on any atom is 0.151 e. The molecular formula is C15H15ClN2O. The van der Waals surface area contributed by atoms with Crippen LogP contribution < -0.4 is 5.32 Å². The van der Waals surface area contributed by atoms with Crippen LogP contribution in [-0.2, 0) is 4.79 Å². The number of likely N-dealkylation sites (N-methyl/N-ethyl adjacent to an activating group) is 1. The largest absolute Gasteiger partial charge is 0.307 e. The Morgan fingerprint density at radius 2 is 2.11 bits per heavy atom. The van der Waals surface area contributed by atoms with Crippen molar-refractivity contribution in [3.05, 3.63) is 53.2 Å². The molecule has 1 heterocycles. The lowest BCUT2D eigenvalue weighted by molar-refractivity contribution is -0.119. The number of aromatic nitrogens is 1. The molecule has 0 saturated heterocycles. The van der Waals surface area contributed by atoms with E-state index in [4.69, 9.17) is 11.6 Å². The maximum absolute atomic E-state index is 11.5. The fraction of sp³-hybridized carbons (Fsp3) is 0.200. The zero-order chi connectivity index (χ0) is 13.8. The number of ketones is 1. The second-order valence-corrected chi connectivity index (χ2v) is 4.76. The first kappa shape index (κ1) is 13.7. The molecule has 0 amide bonds. The van der Waals surface area contributed by atoms with Gasteiger partial charge in [-0.15, -0.1) is 0 Å². The number of carbonyl (C=O) groups excluding carboxylic acids is 1. The fourth-order valence-electron chi connectivity index (χ4n) is 2.00. The van der Waals surface area contributed by atoms with E-state index in [0.717, 1.165) is 16.8 Å². The molecular weight excluding hydrogens is 260 g/mol. The van der Waals surface area contributed by atoms with Crippen LogP contribution in [0.5, 0.6) is 0 Å². The van der Waals surface area contributed by atoms with Crippen LogP contribution in [0.4, 0.5) is 0 Å². The number of pyridine rings is 1. The maximum atomic E-state index is 11.5. The van der Waals surface area contributed by atoms with Crippen LogP contribution >= 0.6 is 11.6 Å². The van der Waals surface area contributed by atoms with E-state index in [1.54, 1.807) is 20.2 Å². The molecule has 98 valence electrons. The van der Waals surface area contributed by atoms with Gasteiger partial charge in [-0.25, -0.2) is 0 Å². The molecule has 0 aliphatic heterocycles. The minimum Gasteiger partial charge on any atom is -0.307 e. The molecule has 0 aliphatic rings. The van der Waals surface area contributed by atoms with Gasteiger partial charge >= 0.3 is 0 Å². The fourth-order valence-corrected chi connectivity index (χ4v) is 2.19. The van der Waals surface area contributed by atoms with E-state index in [1.807, 2.05) is 36.4 Å². The van der Waals surface area contributed by atoms with E-state index in [2.05, 4.69) is 10.3 Å². The van der Waals surface area contributed by atoms with E-state index in [9.17, 15) is 4.79 Å². The smallest absolute Gasteiger partial charge is 0.151 e. The third-order valence-corrected chi connectivity index (χ3v) is 3.17. The van der Waals surface area contributed by atoms with Crippen molar-refractivity contribution in [2.75, 3.05) is 7.05 Å². The number of hydrogen-bond donors (Lipinski definition) is 1. The number of halogens is 1. The molecule has 1 N–H and O–H groups in total. The molecule has 3 nitrogen and oxygen atoms in total. The molecule has 2 rings (SSSR count). The Kier molecular flexibility index (Phi) is 4.30. The van der Waals surface area contributed by atoms with Gasteiger partial charge in [0.25, 0.3) is 0 Å². The summed E-state index contributed by atoms with van der Waals surface area (Å²) in [6, 6.07) is 11.0. The van der Waals surface area contributed by atoms with Crippen LogP contribution in [0.15, 0.2) is 42.6 Å². The van der Waals surface area contributed by atoms with E-state index >= 15 is 0 Å². The number of nitrogens with one attached hydrogen (secondary N) is 1. The first-order valence-corrected chi connectivity index (χ1v) is 6.39. The highest BCUT2D eigenvalue weighted by Crippen LogP contribution is 2.22. The van der Waals surface area contributed by atoms with Crippen molar-refractivity contribution in [2.45, 2.75) is 13.0 Å². The number of nitrogens with zero attached hydrogens (tertiary/aromatic N) is 1. The van der Waals surface area contributed by atoms with Crippen LogP contribution in [0.2, 0.25) is 5.02 Å². The summed E-state index contributed by atoms with van der Waals surface area (Å²) in [4.78, 5) is 15.9. The number of carbonyl (C=O) groups is 1. The molecule has 0 spiro atoms. The molecule has 2 aromatic rings. The monoisotopic (exact) mass is 274 g/mol. The number of benzene rings is 1. The Morgan fingerprint density at radius 3 is 2.63 bits per heavy atom. The van der Waals surface area contributed by atoms with E-state index in [1.165, 1.54) is 0 Å². The Hall–Kier alpha value is -1.71. The Morgan fingerprint density at radius 1 is 1.32 bits per heavy atom. The van der Waals surface area contributed by atoms with Crippen molar-refractivity contribution in [1.29, 1.82) is 0 Å². The number of rotatable bonds is 4. The average molecular weight is 275 g/mol. The zero-order valence-corrected chi connectivity index (χ0v) is 11.6. The van der Waals surface area contributed by atoms with E-state index in [0.29, 0.717) is 5.02 Å². The van der Waals surface area contributed by atoms with E-state index < -0.39 is 0 Å². The van der Waals surface area contributed by atoms with Crippen LogP contribution in [0.3, 0.4) is 0 Å². The average Bonchev–Trinajstić information content (AvgIpc) is 2.40. The molecule has 4 heteroatoms. The first-order valence-electron chi connectivity index (χ1n) is 6.01. The molecule has 0 saturated carbocycles. The molecule has 1 unspecified atom stereocenters. The molecule has 1 atom stereocenters. The Labute approximate surface area is 117 Å². The minimum atomic E-state index is -0.305. The van der Waals surface area contributed by atoms with Gasteiger partial charge in [-0.2, -0.15) is 0 Å². The van der Waals surface area contributed by atoms with Gasteiger partial charge in [0.2, 0.25) is 0 Å². The van der Waals surface area contributed by atoms with Crippen molar-refractivity contribution < 1.29 is 4.79 Å². The molecule has 0 bridgehead atoms. The Balaban J connectivity index is 2.30. The standard InChI is InChI=1S/C15H15ClN2O/c1-10(19)15(17-2)12-6-7-14(18-9-12)11-4-3-5-13(16)8-11/h3-9,15,17H,1-2H3. The van der Waals surface area contributed by atoms with Gasteiger partial charge < -0.3 is 5.32 Å². The zero-order valence-electron chi connectivity index (χ0n) is 10.9. The first-order chi connectivity index (χ1) is 9.11. The van der Waals surface area contributed by atoms with Crippen molar-refractivity contribution >= 4 is 17.4 Å². The molecule has 0 fully saturated rings. The summed E-state index contributed by atoms with van der Waals surface area (Å²) >= 11 is 5.96. The van der Waals surface area contributed by atoms with Gasteiger partial charge in [-0.05, 0) is 37.7 Å². The van der Waals surface area contributed by atoms with Crippen molar-refractivity contribution in [1.82, 2.24) is 10.3 Å². The van der Waals surface area contributed by atoms with Gasteiger partial charge in [0.05, 0.1) is 11.7 Å². The third-order valence-electron chi connectivity index (χ3n) is 2.94. The predicted octanol–water partition coefficient (Wildman–Crippen LogP) is 3.25. The SMILES string of the molecule is CNC(C(C)=O)c1ccc(-c2cccc(Cl)c2)nc1. The lowest BCUT2D eigenvalue weighted by Crippen LogP contribution is -2.23. The van der Waals surface area contributed by atoms with Gasteiger partial charge in [-0.1, -0.05) is 29.8 Å². The second-order valence-electron chi connectivity index (χ2n) is 4.32. The highest BCUT2D eigenvalue weighted by atomic mass is 35.5. The summed E-state index contributed by atoms with van der Waals surface area (Å²) in [5.74, 6) is 0.0693. The molecule has 1 aromatic carbocycles. The van der Waals surface area contributed by atoms with Gasteiger partial charge in [-0.3, -0.25) is 9.78 Å². The normalized spacial score (nSPS) is 12.2. The van der Waals surface area contributed by atoms with Crippen LogP contribution in [0.25, 0.3) is 11.3 Å². The second kappa shape index (κ2) is 5.95. The van der Waals surface area contributed by atoms with Crippen molar-refractivity contribution in [3.63, 3.8) is 0 Å². The third kappa shape index (κ3) is 3.19. The summed E-state index contributed by atoms with van der Waals surface area (Å²) in [5, 5.41) is 3.66. The Bertz CT molecular complexity index is 581. The lowest BCUT2D eigenvalue weighted by atomic mass is 10.0.